The zero-order valence-corrected chi connectivity index (χ0v) is 17.2. The number of carbonyl (C=O) groups is 1. The Morgan fingerprint density at radius 2 is 1.60 bits per heavy atom. The van der Waals surface area contributed by atoms with Crippen molar-refractivity contribution in [2.45, 2.75) is 20.0 Å². The number of rotatable bonds is 6. The summed E-state index contributed by atoms with van der Waals surface area (Å²) in [4.78, 5) is 29.5. The second-order valence-electron chi connectivity index (χ2n) is 7.66. The van der Waals surface area contributed by atoms with Crippen LogP contribution in [0.2, 0.25) is 0 Å². The summed E-state index contributed by atoms with van der Waals surface area (Å²) in [5.74, 6) is -0.305. The van der Waals surface area contributed by atoms with Gasteiger partial charge in [-0.05, 0) is 23.7 Å². The van der Waals surface area contributed by atoms with E-state index in [1.54, 1.807) is 24.3 Å². The van der Waals surface area contributed by atoms with Crippen LogP contribution in [0.25, 0.3) is 10.8 Å². The van der Waals surface area contributed by atoms with Gasteiger partial charge in [-0.1, -0.05) is 49.4 Å². The van der Waals surface area contributed by atoms with Crippen LogP contribution in [0.4, 0.5) is 0 Å². The molecular formula is C23H27N5O2. The van der Waals surface area contributed by atoms with Crippen molar-refractivity contribution in [1.29, 1.82) is 0 Å². The van der Waals surface area contributed by atoms with Crippen LogP contribution < -0.4 is 10.9 Å². The maximum absolute atomic E-state index is 12.6. The molecule has 2 N–H and O–H groups in total. The van der Waals surface area contributed by atoms with Crippen LogP contribution in [0.1, 0.15) is 28.5 Å². The van der Waals surface area contributed by atoms with Crippen LogP contribution in [0.5, 0.6) is 0 Å². The number of benzene rings is 2. The van der Waals surface area contributed by atoms with E-state index >= 15 is 0 Å². The predicted octanol–water partition coefficient (Wildman–Crippen LogP) is 1.99. The maximum atomic E-state index is 12.6. The SMILES string of the molecule is CCN1CCN(Cc2ccc(CNC(=O)c3n[nH]c(=O)c4ccccc34)cc2)CC1. The van der Waals surface area contributed by atoms with Crippen LogP contribution >= 0.6 is 0 Å². The molecule has 7 nitrogen and oxygen atoms in total. The molecule has 4 rings (SSSR count). The molecule has 156 valence electrons. The Morgan fingerprint density at radius 3 is 2.30 bits per heavy atom. The monoisotopic (exact) mass is 405 g/mol. The molecule has 0 aliphatic carbocycles. The molecule has 30 heavy (non-hydrogen) atoms. The molecule has 0 atom stereocenters. The predicted molar refractivity (Wildman–Crippen MR) is 117 cm³/mol. The normalized spacial score (nSPS) is 15.4. The summed E-state index contributed by atoms with van der Waals surface area (Å²) in [6.07, 6.45) is 0. The molecule has 3 aromatic rings. The number of nitrogens with one attached hydrogen (secondary N) is 2. The van der Waals surface area contributed by atoms with E-state index in [9.17, 15) is 9.59 Å². The molecule has 1 aromatic heterocycles. The number of fused-ring (bicyclic) bond motifs is 1. The summed E-state index contributed by atoms with van der Waals surface area (Å²) < 4.78 is 0. The highest BCUT2D eigenvalue weighted by molar-refractivity contribution is 6.04. The standard InChI is InChI=1S/C23H27N5O2/c1-2-27-11-13-28(14-12-27)16-18-9-7-17(8-10-18)15-24-23(30)21-19-5-3-4-6-20(19)22(29)26-25-21/h3-10H,2,11-16H2,1H3,(H,24,30)(H,26,29). The summed E-state index contributed by atoms with van der Waals surface area (Å²) in [6.45, 7) is 9.17. The molecule has 1 aliphatic rings. The van der Waals surface area contributed by atoms with Gasteiger partial charge in [-0.3, -0.25) is 14.5 Å². The van der Waals surface area contributed by atoms with Gasteiger partial charge in [0.15, 0.2) is 5.69 Å². The summed E-state index contributed by atoms with van der Waals surface area (Å²) in [5.41, 5.74) is 2.24. The lowest BCUT2D eigenvalue weighted by Gasteiger charge is -2.34. The first-order valence-electron chi connectivity index (χ1n) is 10.4. The molecule has 1 saturated heterocycles. The molecule has 1 aliphatic heterocycles. The average molecular weight is 406 g/mol. The lowest BCUT2D eigenvalue weighted by Crippen LogP contribution is -2.45. The van der Waals surface area contributed by atoms with Crippen molar-refractivity contribution in [3.8, 4) is 0 Å². The first-order valence-corrected chi connectivity index (χ1v) is 10.4. The topological polar surface area (TPSA) is 81.3 Å². The zero-order chi connectivity index (χ0) is 20.9. The van der Waals surface area contributed by atoms with E-state index in [0.717, 1.165) is 44.8 Å². The number of piperazine rings is 1. The third-order valence-electron chi connectivity index (χ3n) is 5.71. The molecule has 2 aromatic carbocycles. The molecule has 0 saturated carbocycles. The Hall–Kier alpha value is -3.03. The van der Waals surface area contributed by atoms with E-state index < -0.39 is 0 Å². The summed E-state index contributed by atoms with van der Waals surface area (Å²) in [5, 5.41) is 10.3. The van der Waals surface area contributed by atoms with Gasteiger partial charge in [-0.15, -0.1) is 0 Å². The molecule has 0 radical (unpaired) electrons. The van der Waals surface area contributed by atoms with E-state index in [4.69, 9.17) is 0 Å². The van der Waals surface area contributed by atoms with E-state index in [2.05, 4.69) is 56.5 Å². The lowest BCUT2D eigenvalue weighted by molar-refractivity contribution is 0.0946. The first-order chi connectivity index (χ1) is 14.6. The third-order valence-corrected chi connectivity index (χ3v) is 5.71. The van der Waals surface area contributed by atoms with Gasteiger partial charge in [-0.2, -0.15) is 5.10 Å². The van der Waals surface area contributed by atoms with Gasteiger partial charge in [0.1, 0.15) is 0 Å². The molecule has 0 bridgehead atoms. The summed E-state index contributed by atoms with van der Waals surface area (Å²) >= 11 is 0. The van der Waals surface area contributed by atoms with Gasteiger partial charge in [0.05, 0.1) is 5.39 Å². The van der Waals surface area contributed by atoms with Crippen LogP contribution in [0, 0.1) is 0 Å². The first kappa shape index (κ1) is 20.3. The second-order valence-corrected chi connectivity index (χ2v) is 7.66. The van der Waals surface area contributed by atoms with Gasteiger partial charge < -0.3 is 10.2 Å². The highest BCUT2D eigenvalue weighted by atomic mass is 16.2. The van der Waals surface area contributed by atoms with Crippen molar-refractivity contribution in [1.82, 2.24) is 25.3 Å². The number of amides is 1. The molecule has 1 fully saturated rings. The largest absolute Gasteiger partial charge is 0.347 e. The van der Waals surface area contributed by atoms with E-state index in [0.29, 0.717) is 17.3 Å². The number of likely N-dealkylation sites (N-methyl/N-ethyl adjacent to an activating group) is 1. The molecule has 7 heteroatoms. The minimum Gasteiger partial charge on any atom is -0.347 e. The highest BCUT2D eigenvalue weighted by Crippen LogP contribution is 2.13. The number of aromatic nitrogens is 2. The quantitative estimate of drug-likeness (QED) is 0.656. The molecule has 1 amide bonds. The third kappa shape index (κ3) is 4.58. The Morgan fingerprint density at radius 1 is 0.967 bits per heavy atom. The number of nitrogens with zero attached hydrogens (tertiary/aromatic N) is 3. The summed E-state index contributed by atoms with van der Waals surface area (Å²) in [6, 6.07) is 15.3. The minimum absolute atomic E-state index is 0.230. The van der Waals surface area contributed by atoms with Crippen LogP contribution in [-0.2, 0) is 13.1 Å². The van der Waals surface area contributed by atoms with Crippen LogP contribution in [0.3, 0.4) is 0 Å². The number of hydrogen-bond donors (Lipinski definition) is 2. The van der Waals surface area contributed by atoms with Crippen molar-refractivity contribution in [3.05, 3.63) is 75.7 Å². The van der Waals surface area contributed by atoms with Crippen LogP contribution in [-0.4, -0.2) is 58.6 Å². The van der Waals surface area contributed by atoms with Crippen molar-refractivity contribution in [2.24, 2.45) is 0 Å². The Kier molecular flexibility index (Phi) is 6.21. The molecular weight excluding hydrogens is 378 g/mol. The van der Waals surface area contributed by atoms with E-state index in [1.165, 1.54) is 5.56 Å². The Balaban J connectivity index is 1.35. The fourth-order valence-corrected chi connectivity index (χ4v) is 3.84. The highest BCUT2D eigenvalue weighted by Gasteiger charge is 2.16. The Labute approximate surface area is 175 Å². The van der Waals surface area contributed by atoms with Crippen molar-refractivity contribution >= 4 is 16.7 Å². The Bertz CT molecular complexity index is 1070. The molecule has 2 heterocycles. The van der Waals surface area contributed by atoms with Crippen LogP contribution in [0.15, 0.2) is 53.3 Å². The van der Waals surface area contributed by atoms with Gasteiger partial charge in [0.2, 0.25) is 0 Å². The molecule has 0 spiro atoms. The fourth-order valence-electron chi connectivity index (χ4n) is 3.84. The lowest BCUT2D eigenvalue weighted by atomic mass is 10.1. The van der Waals surface area contributed by atoms with E-state index in [1.807, 2.05) is 0 Å². The van der Waals surface area contributed by atoms with E-state index in [-0.39, 0.29) is 17.2 Å². The van der Waals surface area contributed by atoms with Gasteiger partial charge >= 0.3 is 0 Å². The molecule has 0 unspecified atom stereocenters. The number of carbonyl (C=O) groups excluding carboxylic acids is 1. The smallest absolute Gasteiger partial charge is 0.272 e. The van der Waals surface area contributed by atoms with Crippen molar-refractivity contribution < 1.29 is 4.79 Å². The summed E-state index contributed by atoms with van der Waals surface area (Å²) in [7, 11) is 0. The zero-order valence-electron chi connectivity index (χ0n) is 17.2. The minimum atomic E-state index is -0.305. The second kappa shape index (κ2) is 9.19. The number of aromatic amines is 1. The average Bonchev–Trinajstić information content (AvgIpc) is 2.79. The fraction of sp³-hybridized carbons (Fsp3) is 0.348. The van der Waals surface area contributed by atoms with Crippen molar-refractivity contribution in [2.75, 3.05) is 32.7 Å². The number of hydrogen-bond acceptors (Lipinski definition) is 5. The van der Waals surface area contributed by atoms with Gasteiger partial charge in [0.25, 0.3) is 11.5 Å². The van der Waals surface area contributed by atoms with Gasteiger partial charge in [-0.25, -0.2) is 5.10 Å². The number of H-pyrrole nitrogens is 1. The van der Waals surface area contributed by atoms with Crippen molar-refractivity contribution in [3.63, 3.8) is 0 Å². The maximum Gasteiger partial charge on any atom is 0.272 e. The van der Waals surface area contributed by atoms with Gasteiger partial charge in [0, 0.05) is 44.7 Å².